The van der Waals surface area contributed by atoms with Crippen LogP contribution in [0.1, 0.15) is 12.8 Å². The lowest BCUT2D eigenvalue weighted by atomic mass is 10.4. The van der Waals surface area contributed by atoms with Crippen LogP contribution >= 0.6 is 0 Å². The molecule has 0 atom stereocenters. The summed E-state index contributed by atoms with van der Waals surface area (Å²) in [6.45, 7) is 1.01. The molecule has 7 heavy (non-hydrogen) atoms. The van der Waals surface area contributed by atoms with Crippen molar-refractivity contribution in [2.75, 3.05) is 6.61 Å². The van der Waals surface area contributed by atoms with Crippen LogP contribution in [0.4, 0.5) is 0 Å². The molecule has 1 aliphatic rings. The maximum atomic E-state index is 5.10. The zero-order chi connectivity index (χ0) is 4.24. The second-order valence-electron chi connectivity index (χ2n) is 1.45. The lowest BCUT2D eigenvalue weighted by Gasteiger charge is -2.06. The molecule has 1 nitrogen and oxygen atoms in total. The summed E-state index contributed by atoms with van der Waals surface area (Å²) in [6, 6.07) is 1.31. The first-order chi connectivity index (χ1) is 3.00. The Hall–Kier alpha value is 0.107. The van der Waals surface area contributed by atoms with Crippen molar-refractivity contribution in [3.8, 4) is 0 Å². The maximum Gasteiger partial charge on any atom is 0.229 e. The van der Waals surface area contributed by atoms with Gasteiger partial charge in [-0.2, -0.15) is 0 Å². The van der Waals surface area contributed by atoms with Gasteiger partial charge < -0.3 is 9.13 Å². The van der Waals surface area contributed by atoms with Gasteiger partial charge in [0.15, 0.2) is 0 Å². The van der Waals surface area contributed by atoms with Crippen molar-refractivity contribution in [2.45, 2.75) is 18.9 Å². The van der Waals surface area contributed by atoms with Gasteiger partial charge in [-0.25, -0.2) is 0 Å². The highest BCUT2D eigenvalue weighted by molar-refractivity contribution is 6.27. The molecule has 3 heteroatoms. The minimum atomic E-state index is 0. The molecule has 1 rings (SSSR count). The molecule has 0 bridgehead atoms. The van der Waals surface area contributed by atoms with Crippen molar-refractivity contribution in [3.63, 3.8) is 0 Å². The van der Waals surface area contributed by atoms with Crippen LogP contribution in [0, 0.1) is 0 Å². The van der Waals surface area contributed by atoms with E-state index >= 15 is 0 Å². The first-order valence-electron chi connectivity index (χ1n) is 2.35. The van der Waals surface area contributed by atoms with Gasteiger partial charge in [0.2, 0.25) is 9.76 Å². The van der Waals surface area contributed by atoms with Crippen LogP contribution in [0.5, 0.6) is 0 Å². The number of rotatable bonds is 0. The first kappa shape index (κ1) is 7.11. The SMILES string of the molecule is C1CC[Si]OC1.[F-]. The Bertz CT molecular complexity index is 27.2. The predicted octanol–water partition coefficient (Wildman–Crippen LogP) is -2.16. The van der Waals surface area contributed by atoms with Crippen molar-refractivity contribution in [1.29, 1.82) is 0 Å². The summed E-state index contributed by atoms with van der Waals surface area (Å²) in [5.74, 6) is 0. The summed E-state index contributed by atoms with van der Waals surface area (Å²) in [5, 5.41) is 0. The third kappa shape index (κ3) is 2.76. The van der Waals surface area contributed by atoms with E-state index in [9.17, 15) is 0 Å². The topological polar surface area (TPSA) is 9.23 Å². The molecule has 0 aromatic carbocycles. The van der Waals surface area contributed by atoms with E-state index < -0.39 is 0 Å². The van der Waals surface area contributed by atoms with Crippen LogP contribution in [-0.4, -0.2) is 16.4 Å². The summed E-state index contributed by atoms with van der Waals surface area (Å²) in [7, 11) is 0.802. The van der Waals surface area contributed by atoms with E-state index in [4.69, 9.17) is 4.43 Å². The van der Waals surface area contributed by atoms with Crippen LogP contribution in [0.15, 0.2) is 0 Å². The Balaban J connectivity index is 0.000000360. The molecule has 0 aliphatic carbocycles. The fourth-order valence-electron chi connectivity index (χ4n) is 0.516. The third-order valence-corrected chi connectivity index (χ3v) is 1.84. The van der Waals surface area contributed by atoms with Gasteiger partial charge >= 0.3 is 0 Å². The Morgan fingerprint density at radius 1 is 1.29 bits per heavy atom. The highest BCUT2D eigenvalue weighted by atomic mass is 28.2. The molecular weight excluding hydrogens is 111 g/mol. The lowest BCUT2D eigenvalue weighted by Crippen LogP contribution is -3.00. The van der Waals surface area contributed by atoms with Crippen molar-refractivity contribution in [2.24, 2.45) is 0 Å². The summed E-state index contributed by atoms with van der Waals surface area (Å²) in [4.78, 5) is 0. The minimum absolute atomic E-state index is 0. The van der Waals surface area contributed by atoms with E-state index in [2.05, 4.69) is 0 Å². The maximum absolute atomic E-state index is 5.10. The Morgan fingerprint density at radius 2 is 2.14 bits per heavy atom. The van der Waals surface area contributed by atoms with Crippen molar-refractivity contribution in [1.82, 2.24) is 0 Å². The third-order valence-electron chi connectivity index (χ3n) is 0.877. The standard InChI is InChI=1S/C4H8OSi.FH/c1-2-4-6-5-3-1;/h1-4H2;1H/p-1. The van der Waals surface area contributed by atoms with Gasteiger partial charge in [-0.3, -0.25) is 0 Å². The summed E-state index contributed by atoms with van der Waals surface area (Å²) >= 11 is 0. The first-order valence-corrected chi connectivity index (χ1v) is 3.46. The number of hydrogen-bond acceptors (Lipinski definition) is 1. The van der Waals surface area contributed by atoms with E-state index in [1.807, 2.05) is 0 Å². The highest BCUT2D eigenvalue weighted by Crippen LogP contribution is 2.01. The van der Waals surface area contributed by atoms with E-state index in [1.165, 1.54) is 18.9 Å². The van der Waals surface area contributed by atoms with E-state index in [0.717, 1.165) is 16.4 Å². The van der Waals surface area contributed by atoms with Crippen LogP contribution in [0.25, 0.3) is 0 Å². The van der Waals surface area contributed by atoms with Crippen LogP contribution in [0.3, 0.4) is 0 Å². The lowest BCUT2D eigenvalue weighted by molar-refractivity contribution is -0.00000183. The van der Waals surface area contributed by atoms with Gasteiger partial charge in [0.25, 0.3) is 0 Å². The predicted molar refractivity (Wildman–Crippen MR) is 25.7 cm³/mol. The molecule has 0 N–H and O–H groups in total. The van der Waals surface area contributed by atoms with Gasteiger partial charge in [-0.1, -0.05) is 6.42 Å². The summed E-state index contributed by atoms with van der Waals surface area (Å²) < 4.78 is 5.10. The molecular formula is C4H8FOSi-. The zero-order valence-electron chi connectivity index (χ0n) is 4.11. The van der Waals surface area contributed by atoms with Gasteiger partial charge in [0, 0.05) is 6.61 Å². The van der Waals surface area contributed by atoms with E-state index in [-0.39, 0.29) is 4.70 Å². The molecule has 0 unspecified atom stereocenters. The van der Waals surface area contributed by atoms with Gasteiger partial charge in [-0.15, -0.1) is 0 Å². The molecule has 1 fully saturated rings. The highest BCUT2D eigenvalue weighted by Gasteiger charge is 1.97. The number of hydrogen-bond donors (Lipinski definition) is 0. The molecule has 1 saturated heterocycles. The molecule has 1 heterocycles. The molecule has 2 radical (unpaired) electrons. The Labute approximate surface area is 45.4 Å². The molecule has 1 aliphatic heterocycles. The molecule has 0 aromatic heterocycles. The molecule has 0 spiro atoms. The van der Waals surface area contributed by atoms with Crippen LogP contribution in [-0.2, 0) is 4.43 Å². The van der Waals surface area contributed by atoms with E-state index in [0.29, 0.717) is 0 Å². The smallest absolute Gasteiger partial charge is 0.229 e. The average Bonchev–Trinajstić information content (AvgIpc) is 1.72. The second-order valence-corrected chi connectivity index (χ2v) is 2.53. The Kier molecular flexibility index (Phi) is 4.34. The molecule has 0 aromatic rings. The average molecular weight is 119 g/mol. The molecule has 0 amide bonds. The summed E-state index contributed by atoms with van der Waals surface area (Å²) in [5.41, 5.74) is 0. The van der Waals surface area contributed by atoms with Gasteiger partial charge in [-0.05, 0) is 12.5 Å². The van der Waals surface area contributed by atoms with Crippen molar-refractivity contribution >= 4 is 9.76 Å². The zero-order valence-corrected chi connectivity index (χ0v) is 5.11. The largest absolute Gasteiger partial charge is 1.00 e. The Morgan fingerprint density at radius 3 is 2.29 bits per heavy atom. The van der Waals surface area contributed by atoms with Gasteiger partial charge in [0.1, 0.15) is 0 Å². The molecule has 42 valence electrons. The fourth-order valence-corrected chi connectivity index (χ4v) is 1.34. The van der Waals surface area contributed by atoms with Crippen molar-refractivity contribution < 1.29 is 9.13 Å². The summed E-state index contributed by atoms with van der Waals surface area (Å²) in [6.07, 6.45) is 2.67. The quantitative estimate of drug-likeness (QED) is 0.330. The fraction of sp³-hybridized carbons (Fsp3) is 1.00. The normalized spacial score (nSPS) is 20.6. The number of halogens is 1. The van der Waals surface area contributed by atoms with Crippen LogP contribution < -0.4 is 4.70 Å². The van der Waals surface area contributed by atoms with E-state index in [1.54, 1.807) is 0 Å². The minimum Gasteiger partial charge on any atom is -1.00 e. The molecule has 0 saturated carbocycles. The second kappa shape index (κ2) is 4.27. The van der Waals surface area contributed by atoms with Gasteiger partial charge in [0.05, 0.1) is 0 Å². The van der Waals surface area contributed by atoms with Crippen LogP contribution in [0.2, 0.25) is 6.04 Å². The van der Waals surface area contributed by atoms with Crippen molar-refractivity contribution in [3.05, 3.63) is 0 Å². The monoisotopic (exact) mass is 119 g/mol.